The van der Waals surface area contributed by atoms with Crippen molar-refractivity contribution in [3.63, 3.8) is 0 Å². The van der Waals surface area contributed by atoms with Gasteiger partial charge in [-0.2, -0.15) is 4.15 Å². The van der Waals surface area contributed by atoms with Gasteiger partial charge in [0.25, 0.3) is 10.0 Å². The maximum atomic E-state index is 13.9. The molecule has 4 atom stereocenters. The first-order valence-electron chi connectivity index (χ1n) is 12.4. The molecule has 2 saturated carbocycles. The van der Waals surface area contributed by atoms with E-state index in [1.54, 1.807) is 0 Å². The minimum Gasteiger partial charge on any atom is -0.413 e. The van der Waals surface area contributed by atoms with Crippen LogP contribution in [0.5, 0.6) is 0 Å². The summed E-state index contributed by atoms with van der Waals surface area (Å²) in [5.74, 6) is 0.626. The molecule has 0 amide bonds. The standard InChI is InChI=1S/C26H46NO3PSSi/c1-20(2)31(8,22-14-12-11-13-15-22)27-32(28,29)19-26-17-16-21(25(26,6)7)18-23(26)30-33(9,10)24(3,4)5/h11-15,20-21,23H,16-19H2,1-10H3/t21-,23-,26-,31?/m1/s1. The molecular formula is C26H46NO3PSSi. The second kappa shape index (κ2) is 8.60. The van der Waals surface area contributed by atoms with Crippen molar-refractivity contribution >= 4 is 30.7 Å². The molecule has 2 fully saturated rings. The van der Waals surface area contributed by atoms with Gasteiger partial charge >= 0.3 is 0 Å². The quantitative estimate of drug-likeness (QED) is 0.290. The van der Waals surface area contributed by atoms with E-state index in [1.165, 1.54) is 0 Å². The third-order valence-corrected chi connectivity index (χ3v) is 20.7. The molecule has 0 saturated heterocycles. The maximum absolute atomic E-state index is 13.9. The summed E-state index contributed by atoms with van der Waals surface area (Å²) in [6.45, 7) is 22.2. The predicted octanol–water partition coefficient (Wildman–Crippen LogP) is 7.10. The zero-order valence-corrected chi connectivity index (χ0v) is 25.2. The Balaban J connectivity index is 2.05. The Morgan fingerprint density at radius 1 is 1.18 bits per heavy atom. The van der Waals surface area contributed by atoms with Crippen molar-refractivity contribution in [2.45, 2.75) is 97.6 Å². The average molecular weight is 512 g/mol. The molecule has 3 rings (SSSR count). The number of sulfonamides is 1. The topological polar surface area (TPSA) is 55.7 Å². The monoisotopic (exact) mass is 511 g/mol. The van der Waals surface area contributed by atoms with Crippen LogP contribution in [0.4, 0.5) is 0 Å². The fourth-order valence-corrected chi connectivity index (χ4v) is 13.4. The first-order valence-corrected chi connectivity index (χ1v) is 19.2. The Morgan fingerprint density at radius 2 is 1.76 bits per heavy atom. The summed E-state index contributed by atoms with van der Waals surface area (Å²) in [7, 11) is -7.90. The number of hydrogen-bond donors (Lipinski definition) is 0. The Kier molecular flexibility index (Phi) is 7.08. The van der Waals surface area contributed by atoms with E-state index in [2.05, 4.69) is 68.2 Å². The van der Waals surface area contributed by atoms with Crippen LogP contribution in [0.2, 0.25) is 18.1 Å². The largest absolute Gasteiger partial charge is 0.413 e. The van der Waals surface area contributed by atoms with E-state index in [0.29, 0.717) is 5.92 Å². The molecule has 0 spiro atoms. The molecule has 2 aliphatic rings. The molecule has 188 valence electrons. The van der Waals surface area contributed by atoms with E-state index in [0.717, 1.165) is 24.6 Å². The van der Waals surface area contributed by atoms with E-state index >= 15 is 0 Å². The summed E-state index contributed by atoms with van der Waals surface area (Å²) < 4.78 is 39.5. The lowest BCUT2D eigenvalue weighted by molar-refractivity contribution is 0.0237. The van der Waals surface area contributed by atoms with Gasteiger partial charge in [0.2, 0.25) is 0 Å². The van der Waals surface area contributed by atoms with Crippen LogP contribution in [0.3, 0.4) is 0 Å². The maximum Gasteiger partial charge on any atom is 0.252 e. The van der Waals surface area contributed by atoms with Gasteiger partial charge in [-0.1, -0.05) is 78.8 Å². The van der Waals surface area contributed by atoms with Crippen LogP contribution in [-0.4, -0.2) is 40.9 Å². The SMILES string of the molecule is CC(C)P(C)(=NS(=O)(=O)C[C@]12CC[C@H](C[C@H]1O[Si](C)(C)C(C)(C)C)C2(C)C)c1ccccc1. The molecule has 1 aromatic carbocycles. The van der Waals surface area contributed by atoms with Crippen molar-refractivity contribution in [3.8, 4) is 0 Å². The zero-order chi connectivity index (χ0) is 25.1. The van der Waals surface area contributed by atoms with E-state index < -0.39 is 25.4 Å². The Bertz CT molecular complexity index is 1030. The number of rotatable bonds is 7. The van der Waals surface area contributed by atoms with E-state index in [9.17, 15) is 8.42 Å². The van der Waals surface area contributed by atoms with Gasteiger partial charge in [0.15, 0.2) is 8.32 Å². The molecule has 2 aliphatic carbocycles. The second-order valence-electron chi connectivity index (χ2n) is 13.0. The van der Waals surface area contributed by atoms with Gasteiger partial charge in [-0.25, -0.2) is 8.42 Å². The van der Waals surface area contributed by atoms with Crippen molar-refractivity contribution < 1.29 is 12.8 Å². The first-order chi connectivity index (χ1) is 14.9. The van der Waals surface area contributed by atoms with Gasteiger partial charge in [-0.3, -0.25) is 0 Å². The van der Waals surface area contributed by atoms with Crippen LogP contribution < -0.4 is 5.30 Å². The van der Waals surface area contributed by atoms with Crippen LogP contribution in [-0.2, 0) is 14.4 Å². The van der Waals surface area contributed by atoms with E-state index in [-0.39, 0.29) is 33.4 Å². The smallest absolute Gasteiger partial charge is 0.252 e. The second-order valence-corrected chi connectivity index (χ2v) is 23.4. The molecule has 0 heterocycles. The van der Waals surface area contributed by atoms with Crippen molar-refractivity contribution in [2.24, 2.45) is 20.9 Å². The van der Waals surface area contributed by atoms with Crippen LogP contribution in [0.25, 0.3) is 0 Å². The number of fused-ring (bicyclic) bond motifs is 2. The van der Waals surface area contributed by atoms with Crippen LogP contribution in [0.15, 0.2) is 34.5 Å². The third kappa shape index (κ3) is 4.71. The minimum atomic E-state index is -3.64. The minimum absolute atomic E-state index is 0.00233. The number of hydrogen-bond acceptors (Lipinski definition) is 3. The molecule has 0 radical (unpaired) electrons. The summed E-state index contributed by atoms with van der Waals surface area (Å²) in [6.07, 6.45) is 2.98. The molecule has 1 unspecified atom stereocenters. The Hall–Kier alpha value is -0.423. The highest BCUT2D eigenvalue weighted by molar-refractivity contribution is 7.95. The number of nitrogens with zero attached hydrogens (tertiary/aromatic N) is 1. The predicted molar refractivity (Wildman–Crippen MR) is 146 cm³/mol. The van der Waals surface area contributed by atoms with Crippen molar-refractivity contribution in [3.05, 3.63) is 30.3 Å². The van der Waals surface area contributed by atoms with Gasteiger partial charge < -0.3 is 4.43 Å². The highest BCUT2D eigenvalue weighted by atomic mass is 32.2. The molecule has 0 N–H and O–H groups in total. The fourth-order valence-electron chi connectivity index (χ4n) is 5.82. The van der Waals surface area contributed by atoms with E-state index in [1.807, 2.05) is 30.3 Å². The van der Waals surface area contributed by atoms with Crippen LogP contribution >= 0.6 is 7.05 Å². The molecule has 7 heteroatoms. The van der Waals surface area contributed by atoms with Gasteiger partial charge in [-0.15, -0.1) is 0 Å². The highest BCUT2D eigenvalue weighted by Crippen LogP contribution is 2.68. The third-order valence-electron chi connectivity index (χ3n) is 9.62. The van der Waals surface area contributed by atoms with E-state index in [4.69, 9.17) is 8.58 Å². The summed E-state index contributed by atoms with van der Waals surface area (Å²) in [5, 5.41) is 1.16. The molecule has 0 aromatic heterocycles. The lowest BCUT2D eigenvalue weighted by Gasteiger charge is -2.47. The first kappa shape index (κ1) is 27.2. The molecule has 4 nitrogen and oxygen atoms in total. The molecule has 33 heavy (non-hydrogen) atoms. The zero-order valence-electron chi connectivity index (χ0n) is 22.5. The summed E-state index contributed by atoms with van der Waals surface area (Å²) in [6, 6.07) is 10.0. The lowest BCUT2D eigenvalue weighted by atomic mass is 9.70. The lowest BCUT2D eigenvalue weighted by Crippen LogP contribution is -2.52. The number of benzene rings is 1. The Morgan fingerprint density at radius 3 is 2.24 bits per heavy atom. The van der Waals surface area contributed by atoms with Gasteiger partial charge in [0.1, 0.15) is 0 Å². The summed E-state index contributed by atoms with van der Waals surface area (Å²) in [4.78, 5) is 0. The fraction of sp³-hybridized carbons (Fsp3) is 0.769. The van der Waals surface area contributed by atoms with Crippen LogP contribution in [0.1, 0.15) is 67.7 Å². The van der Waals surface area contributed by atoms with Crippen LogP contribution in [0, 0.1) is 16.7 Å². The highest BCUT2D eigenvalue weighted by Gasteiger charge is 2.66. The molecule has 0 aliphatic heterocycles. The van der Waals surface area contributed by atoms with Gasteiger partial charge in [-0.05, 0) is 66.4 Å². The van der Waals surface area contributed by atoms with Crippen molar-refractivity contribution in [1.82, 2.24) is 0 Å². The molecule has 2 bridgehead atoms. The summed E-state index contributed by atoms with van der Waals surface area (Å²) in [5.41, 5.74) is -0.268. The van der Waals surface area contributed by atoms with Crippen molar-refractivity contribution in [2.75, 3.05) is 12.4 Å². The molecular weight excluding hydrogens is 465 g/mol. The Labute approximate surface area is 204 Å². The average Bonchev–Trinajstić information content (AvgIpc) is 3.01. The summed E-state index contributed by atoms with van der Waals surface area (Å²) >= 11 is 0. The normalized spacial score (nSPS) is 29.3. The van der Waals surface area contributed by atoms with Crippen molar-refractivity contribution in [1.29, 1.82) is 0 Å². The molecule has 1 aromatic rings. The van der Waals surface area contributed by atoms with Gasteiger partial charge in [0.05, 0.1) is 11.9 Å². The van der Waals surface area contributed by atoms with Gasteiger partial charge in [0, 0.05) is 12.5 Å².